The largest absolute Gasteiger partial charge is 0.451 e. The van der Waals surface area contributed by atoms with Gasteiger partial charge in [0.25, 0.3) is 11.8 Å². The summed E-state index contributed by atoms with van der Waals surface area (Å²) in [6.45, 7) is 0.833. The van der Waals surface area contributed by atoms with Crippen LogP contribution in [0.1, 0.15) is 22.8 Å². The highest BCUT2D eigenvalue weighted by molar-refractivity contribution is 5.98. The zero-order chi connectivity index (χ0) is 23.3. The van der Waals surface area contributed by atoms with Crippen molar-refractivity contribution in [3.05, 3.63) is 77.9 Å². The third kappa shape index (κ3) is 5.84. The number of nitrogens with one attached hydrogen (secondary N) is 2. The number of halogens is 3. The summed E-state index contributed by atoms with van der Waals surface area (Å²) in [5, 5.41) is 6.84. The number of rotatable bonds is 6. The van der Waals surface area contributed by atoms with Crippen molar-refractivity contribution in [2.24, 2.45) is 0 Å². The standard InChI is InChI=1S/C23H19F3N2O4/c1-14(21(30)28-19-11-8-15-4-2-3-5-17(15)12-19)32-20(29)13-27-22(31)16-6-9-18(10-7-16)23(24,25)26/h2-12,14H,13H2,1H3,(H,27,31)(H,28,30). The molecule has 0 spiro atoms. The molecule has 9 heteroatoms. The van der Waals surface area contributed by atoms with E-state index in [4.69, 9.17) is 4.74 Å². The molecule has 3 rings (SSSR count). The van der Waals surface area contributed by atoms with Crippen molar-refractivity contribution in [1.29, 1.82) is 0 Å². The van der Waals surface area contributed by atoms with Crippen LogP contribution >= 0.6 is 0 Å². The van der Waals surface area contributed by atoms with Gasteiger partial charge in [-0.15, -0.1) is 0 Å². The molecule has 0 heterocycles. The number of hydrogen-bond donors (Lipinski definition) is 2. The lowest BCUT2D eigenvalue weighted by Crippen LogP contribution is -2.35. The van der Waals surface area contributed by atoms with E-state index in [0.717, 1.165) is 35.0 Å². The zero-order valence-corrected chi connectivity index (χ0v) is 16.9. The Morgan fingerprint density at radius 3 is 2.25 bits per heavy atom. The highest BCUT2D eigenvalue weighted by Gasteiger charge is 2.30. The topological polar surface area (TPSA) is 84.5 Å². The van der Waals surface area contributed by atoms with Crippen molar-refractivity contribution in [2.75, 3.05) is 11.9 Å². The number of anilines is 1. The smallest absolute Gasteiger partial charge is 0.416 e. The average Bonchev–Trinajstić information content (AvgIpc) is 2.76. The van der Waals surface area contributed by atoms with Gasteiger partial charge in [-0.2, -0.15) is 13.2 Å². The molecule has 0 aliphatic rings. The molecule has 0 aliphatic carbocycles. The lowest BCUT2D eigenvalue weighted by Gasteiger charge is -2.14. The predicted octanol–water partition coefficient (Wildman–Crippen LogP) is 4.16. The third-order valence-electron chi connectivity index (χ3n) is 4.56. The van der Waals surface area contributed by atoms with Gasteiger partial charge in [-0.05, 0) is 54.1 Å². The summed E-state index contributed by atoms with van der Waals surface area (Å²) in [6.07, 6.45) is -5.64. The number of ether oxygens (including phenoxy) is 1. The monoisotopic (exact) mass is 444 g/mol. The van der Waals surface area contributed by atoms with Gasteiger partial charge in [-0.1, -0.05) is 30.3 Å². The van der Waals surface area contributed by atoms with E-state index in [0.29, 0.717) is 5.69 Å². The van der Waals surface area contributed by atoms with Crippen LogP contribution in [0.5, 0.6) is 0 Å². The molecule has 166 valence electrons. The van der Waals surface area contributed by atoms with Crippen molar-refractivity contribution in [3.63, 3.8) is 0 Å². The molecule has 0 saturated heterocycles. The molecule has 0 radical (unpaired) electrons. The molecule has 0 aliphatic heterocycles. The van der Waals surface area contributed by atoms with Gasteiger partial charge in [0.15, 0.2) is 6.10 Å². The molecule has 2 amide bonds. The molecular formula is C23H19F3N2O4. The number of carbonyl (C=O) groups excluding carboxylic acids is 3. The third-order valence-corrected chi connectivity index (χ3v) is 4.56. The Hall–Kier alpha value is -3.88. The van der Waals surface area contributed by atoms with Gasteiger partial charge in [0, 0.05) is 11.3 Å². The van der Waals surface area contributed by atoms with Crippen LogP contribution in [0.25, 0.3) is 10.8 Å². The summed E-state index contributed by atoms with van der Waals surface area (Å²) < 4.78 is 42.7. The van der Waals surface area contributed by atoms with Gasteiger partial charge >= 0.3 is 12.1 Å². The van der Waals surface area contributed by atoms with Crippen LogP contribution < -0.4 is 10.6 Å². The van der Waals surface area contributed by atoms with E-state index in [9.17, 15) is 27.6 Å². The van der Waals surface area contributed by atoms with Gasteiger partial charge in [-0.3, -0.25) is 14.4 Å². The van der Waals surface area contributed by atoms with Gasteiger partial charge in [0.2, 0.25) is 0 Å². The average molecular weight is 444 g/mol. The Bertz CT molecular complexity index is 1140. The minimum Gasteiger partial charge on any atom is -0.451 e. The van der Waals surface area contributed by atoms with Crippen LogP contribution in [0.4, 0.5) is 18.9 Å². The molecule has 3 aromatic carbocycles. The first-order valence-corrected chi connectivity index (χ1v) is 9.58. The Kier molecular flexibility index (Phi) is 6.77. The molecule has 32 heavy (non-hydrogen) atoms. The number of carbonyl (C=O) groups is 3. The highest BCUT2D eigenvalue weighted by Crippen LogP contribution is 2.29. The fourth-order valence-electron chi connectivity index (χ4n) is 2.87. The quantitative estimate of drug-likeness (QED) is 0.560. The maximum Gasteiger partial charge on any atom is 0.416 e. The first kappa shape index (κ1) is 22.8. The molecule has 0 fully saturated rings. The highest BCUT2D eigenvalue weighted by atomic mass is 19.4. The van der Waals surface area contributed by atoms with E-state index in [2.05, 4.69) is 10.6 Å². The van der Waals surface area contributed by atoms with Crippen molar-refractivity contribution in [2.45, 2.75) is 19.2 Å². The second kappa shape index (κ2) is 9.51. The Morgan fingerprint density at radius 2 is 1.59 bits per heavy atom. The zero-order valence-electron chi connectivity index (χ0n) is 16.9. The predicted molar refractivity (Wildman–Crippen MR) is 112 cm³/mol. The first-order chi connectivity index (χ1) is 15.1. The van der Waals surface area contributed by atoms with E-state index >= 15 is 0 Å². The fourth-order valence-corrected chi connectivity index (χ4v) is 2.87. The molecule has 2 N–H and O–H groups in total. The first-order valence-electron chi connectivity index (χ1n) is 9.58. The Morgan fingerprint density at radius 1 is 0.938 bits per heavy atom. The number of benzene rings is 3. The summed E-state index contributed by atoms with van der Waals surface area (Å²) in [7, 11) is 0. The van der Waals surface area contributed by atoms with Gasteiger partial charge < -0.3 is 15.4 Å². The van der Waals surface area contributed by atoms with Gasteiger partial charge in [0.05, 0.1) is 5.56 Å². The molecule has 1 atom stereocenters. The number of hydrogen-bond acceptors (Lipinski definition) is 4. The van der Waals surface area contributed by atoms with Crippen LogP contribution in [0.3, 0.4) is 0 Å². The minimum absolute atomic E-state index is 0.0482. The van der Waals surface area contributed by atoms with Crippen molar-refractivity contribution in [1.82, 2.24) is 5.32 Å². The summed E-state index contributed by atoms with van der Waals surface area (Å²) in [6, 6.07) is 16.5. The van der Waals surface area contributed by atoms with E-state index in [1.807, 2.05) is 30.3 Å². The number of amides is 2. The lowest BCUT2D eigenvalue weighted by atomic mass is 10.1. The van der Waals surface area contributed by atoms with Gasteiger partial charge in [0.1, 0.15) is 6.54 Å². The Labute approximate surface area is 181 Å². The van der Waals surface area contributed by atoms with E-state index in [1.54, 1.807) is 12.1 Å². The number of esters is 1. The molecule has 1 unspecified atom stereocenters. The van der Waals surface area contributed by atoms with Crippen molar-refractivity contribution >= 4 is 34.2 Å². The minimum atomic E-state index is -4.51. The van der Waals surface area contributed by atoms with Crippen LogP contribution in [0.2, 0.25) is 0 Å². The fraction of sp³-hybridized carbons (Fsp3) is 0.174. The van der Waals surface area contributed by atoms with E-state index < -0.39 is 42.2 Å². The summed E-state index contributed by atoms with van der Waals surface area (Å²) in [4.78, 5) is 36.2. The lowest BCUT2D eigenvalue weighted by molar-refractivity contribution is -0.152. The molecular weight excluding hydrogens is 425 g/mol. The number of alkyl halides is 3. The summed E-state index contributed by atoms with van der Waals surface area (Å²) in [5.41, 5.74) is -0.403. The van der Waals surface area contributed by atoms with Crippen molar-refractivity contribution in [3.8, 4) is 0 Å². The molecule has 0 bridgehead atoms. The molecule has 3 aromatic rings. The van der Waals surface area contributed by atoms with Crippen LogP contribution in [0.15, 0.2) is 66.7 Å². The molecule has 0 aromatic heterocycles. The van der Waals surface area contributed by atoms with E-state index in [-0.39, 0.29) is 5.56 Å². The van der Waals surface area contributed by atoms with Gasteiger partial charge in [-0.25, -0.2) is 0 Å². The molecule has 0 saturated carbocycles. The second-order valence-electron chi connectivity index (χ2n) is 6.94. The van der Waals surface area contributed by atoms with Crippen LogP contribution in [-0.2, 0) is 20.5 Å². The van der Waals surface area contributed by atoms with Crippen LogP contribution in [-0.4, -0.2) is 30.4 Å². The maximum atomic E-state index is 12.6. The van der Waals surface area contributed by atoms with E-state index in [1.165, 1.54) is 6.92 Å². The SMILES string of the molecule is CC(OC(=O)CNC(=O)c1ccc(C(F)(F)F)cc1)C(=O)Nc1ccc2ccccc2c1. The van der Waals surface area contributed by atoms with Crippen molar-refractivity contribution < 1.29 is 32.3 Å². The van der Waals surface area contributed by atoms with Crippen LogP contribution in [0, 0.1) is 0 Å². The Balaban J connectivity index is 1.49. The second-order valence-corrected chi connectivity index (χ2v) is 6.94. The molecule has 6 nitrogen and oxygen atoms in total. The number of fused-ring (bicyclic) bond motifs is 1. The summed E-state index contributed by atoms with van der Waals surface area (Å²) in [5.74, 6) is -2.17. The summed E-state index contributed by atoms with van der Waals surface area (Å²) >= 11 is 0. The normalized spacial score (nSPS) is 12.1. The maximum absolute atomic E-state index is 12.6.